The van der Waals surface area contributed by atoms with Crippen molar-refractivity contribution in [2.45, 2.75) is 0 Å². The minimum atomic E-state index is -0.813. The van der Waals surface area contributed by atoms with Crippen LogP contribution in [0.4, 0.5) is 5.69 Å². The fraction of sp³-hybridized carbons (Fsp3) is 0. The Morgan fingerprint density at radius 3 is 2.62 bits per heavy atom. The summed E-state index contributed by atoms with van der Waals surface area (Å²) >= 11 is 0. The second-order valence-electron chi connectivity index (χ2n) is 3.05. The molecule has 0 aliphatic heterocycles. The van der Waals surface area contributed by atoms with Crippen LogP contribution < -0.4 is 10.7 Å². The van der Waals surface area contributed by atoms with Gasteiger partial charge < -0.3 is 5.11 Å². The summed E-state index contributed by atoms with van der Waals surface area (Å²) in [6.07, 6.45) is 0. The third-order valence-corrected chi connectivity index (χ3v) is 2.06. The smallest absolute Gasteiger partial charge is 0.445 e. The highest BCUT2D eigenvalue weighted by atomic mass is 16.3. The van der Waals surface area contributed by atoms with Crippen LogP contribution in [0.25, 0.3) is 16.2 Å². The van der Waals surface area contributed by atoms with Crippen LogP contribution in [-0.4, -0.2) is 10.2 Å². The Labute approximate surface area is 89.8 Å². The molecule has 0 amide bonds. The molecule has 1 N–H and O–H groups in total. The van der Waals surface area contributed by atoms with Crippen molar-refractivity contribution in [2.24, 2.45) is 0 Å². The lowest BCUT2D eigenvalue weighted by molar-refractivity contribution is -0.266. The molecule has 78 valence electrons. The molecule has 0 fully saturated rings. The lowest BCUT2D eigenvalue weighted by Gasteiger charge is -2.07. The maximum atomic E-state index is 11.7. The summed E-state index contributed by atoms with van der Waals surface area (Å²) in [6.45, 7) is 0. The van der Waals surface area contributed by atoms with E-state index in [2.05, 4.69) is 15.2 Å². The molecule has 0 saturated carbocycles. The van der Waals surface area contributed by atoms with Crippen molar-refractivity contribution < 1.29 is 5.11 Å². The van der Waals surface area contributed by atoms with E-state index in [1.807, 2.05) is 0 Å². The van der Waals surface area contributed by atoms with E-state index < -0.39 is 17.0 Å². The van der Waals surface area contributed by atoms with Gasteiger partial charge >= 0.3 is 11.2 Å². The normalized spacial score (nSPS) is 9.69. The molecule has 0 bridgehead atoms. The zero-order chi connectivity index (χ0) is 11.5. The molecule has 1 aromatic carbocycles. The number of aromatic nitrogens is 2. The minimum absolute atomic E-state index is 0.0491. The third kappa shape index (κ3) is 1.50. The molecule has 6 nitrogen and oxygen atoms in total. The molecule has 0 atom stereocenters. The molecule has 1 heterocycles. The van der Waals surface area contributed by atoms with E-state index >= 15 is 0 Å². The van der Waals surface area contributed by atoms with Gasteiger partial charge in [0.15, 0.2) is 4.98 Å². The maximum Gasteiger partial charge on any atom is 0.445 e. The van der Waals surface area contributed by atoms with E-state index in [-0.39, 0.29) is 5.69 Å². The van der Waals surface area contributed by atoms with Crippen LogP contribution in [0, 0.1) is 5.39 Å². The Kier molecular flexibility index (Phi) is 2.36. The van der Waals surface area contributed by atoms with Gasteiger partial charge in [-0.3, -0.25) is 4.79 Å². The Hall–Kier alpha value is -2.68. The first-order valence-corrected chi connectivity index (χ1v) is 4.44. The lowest BCUT2D eigenvalue weighted by Crippen LogP contribution is -2.11. The Morgan fingerprint density at radius 2 is 2.00 bits per heavy atom. The standard InChI is InChI=1S/C10H6N4O2/c11-12-8-9(15)7(13-14-10(8)16)6-4-2-1-3-5-6/h1-5H,(H-,14,15,16). The van der Waals surface area contributed by atoms with Gasteiger partial charge in [-0.2, -0.15) is 5.10 Å². The summed E-state index contributed by atoms with van der Waals surface area (Å²) in [7, 11) is 0. The molecule has 2 rings (SSSR count). The molecule has 0 aliphatic rings. The molecular weight excluding hydrogens is 208 g/mol. The number of nitrogens with zero attached hydrogens (tertiary/aromatic N) is 3. The largest absolute Gasteiger partial charge is 0.865 e. The number of nitrogens with one attached hydrogen (secondary N) is 1. The predicted octanol–water partition coefficient (Wildman–Crippen LogP) is 0.995. The zero-order valence-electron chi connectivity index (χ0n) is 8.04. The molecule has 0 unspecified atom stereocenters. The monoisotopic (exact) mass is 214 g/mol. The zero-order valence-corrected chi connectivity index (χ0v) is 8.04. The van der Waals surface area contributed by atoms with Crippen LogP contribution in [0.2, 0.25) is 0 Å². The number of hydrogen-bond donors (Lipinski definition) is 1. The topological polar surface area (TPSA) is 97.0 Å². The molecule has 6 heteroatoms. The van der Waals surface area contributed by atoms with Gasteiger partial charge in [0.25, 0.3) is 0 Å². The van der Waals surface area contributed by atoms with Gasteiger partial charge in [0, 0.05) is 11.3 Å². The number of hydrogen-bond acceptors (Lipinski definition) is 4. The molecule has 1 aromatic heterocycles. The average molecular weight is 214 g/mol. The van der Waals surface area contributed by atoms with Gasteiger partial charge in [-0.1, -0.05) is 30.3 Å². The summed E-state index contributed by atoms with van der Waals surface area (Å²) in [5.41, 5.74) is -0.775. The van der Waals surface area contributed by atoms with Gasteiger partial charge in [-0.15, -0.1) is 0 Å². The van der Waals surface area contributed by atoms with Crippen molar-refractivity contribution in [3.05, 3.63) is 45.7 Å². The highest BCUT2D eigenvalue weighted by Crippen LogP contribution is 2.29. The van der Waals surface area contributed by atoms with Crippen molar-refractivity contribution >= 4 is 5.69 Å². The van der Waals surface area contributed by atoms with E-state index in [1.54, 1.807) is 30.3 Å². The number of aromatic amines is 1. The first-order valence-electron chi connectivity index (χ1n) is 4.44. The van der Waals surface area contributed by atoms with E-state index in [0.29, 0.717) is 5.56 Å². The average Bonchev–Trinajstić information content (AvgIpc) is 2.31. The lowest BCUT2D eigenvalue weighted by atomic mass is 10.1. The number of H-pyrrole nitrogens is 1. The van der Waals surface area contributed by atoms with Gasteiger partial charge in [-0.05, 0) is 0 Å². The molecular formula is C10H6N4O2. The van der Waals surface area contributed by atoms with Crippen molar-refractivity contribution in [1.29, 1.82) is 5.39 Å². The van der Waals surface area contributed by atoms with E-state index in [1.165, 1.54) is 0 Å². The summed E-state index contributed by atoms with van der Waals surface area (Å²) in [5, 5.41) is 26.0. The van der Waals surface area contributed by atoms with Gasteiger partial charge in [-0.25, -0.2) is 5.10 Å². The van der Waals surface area contributed by atoms with Crippen LogP contribution in [0.5, 0.6) is 5.75 Å². The SMILES string of the molecule is N#[N+]c1c([O-])c(-c2ccccc2)n[nH]c1=O. The Balaban J connectivity index is 2.70. The van der Waals surface area contributed by atoms with E-state index in [9.17, 15) is 9.90 Å². The molecule has 2 aromatic rings. The van der Waals surface area contributed by atoms with Gasteiger partial charge in [0.1, 0.15) is 0 Å². The predicted molar refractivity (Wildman–Crippen MR) is 54.5 cm³/mol. The highest BCUT2D eigenvalue weighted by molar-refractivity contribution is 5.72. The van der Waals surface area contributed by atoms with Crippen molar-refractivity contribution in [1.82, 2.24) is 10.2 Å². The second-order valence-corrected chi connectivity index (χ2v) is 3.05. The number of rotatable bonds is 1. The second kappa shape index (κ2) is 3.82. The third-order valence-electron chi connectivity index (χ3n) is 2.06. The van der Waals surface area contributed by atoms with Crippen LogP contribution in [-0.2, 0) is 0 Å². The van der Waals surface area contributed by atoms with Crippen molar-refractivity contribution in [3.63, 3.8) is 0 Å². The minimum Gasteiger partial charge on any atom is -0.865 e. The molecule has 0 saturated heterocycles. The quantitative estimate of drug-likeness (QED) is 0.716. The van der Waals surface area contributed by atoms with Crippen molar-refractivity contribution in [3.8, 4) is 17.0 Å². The number of diazo groups is 1. The molecule has 16 heavy (non-hydrogen) atoms. The Bertz CT molecular complexity index is 613. The van der Waals surface area contributed by atoms with E-state index in [4.69, 9.17) is 5.39 Å². The van der Waals surface area contributed by atoms with Crippen LogP contribution in [0.15, 0.2) is 35.1 Å². The summed E-state index contributed by atoms with van der Waals surface area (Å²) < 4.78 is 0. The number of benzene rings is 1. The first kappa shape index (κ1) is 9.86. The summed E-state index contributed by atoms with van der Waals surface area (Å²) in [6, 6.07) is 8.60. The molecule has 0 aliphatic carbocycles. The van der Waals surface area contributed by atoms with Crippen molar-refractivity contribution in [2.75, 3.05) is 0 Å². The maximum absolute atomic E-state index is 11.7. The van der Waals surface area contributed by atoms with Crippen LogP contribution in [0.3, 0.4) is 0 Å². The van der Waals surface area contributed by atoms with E-state index in [0.717, 1.165) is 0 Å². The highest BCUT2D eigenvalue weighted by Gasteiger charge is 2.17. The Morgan fingerprint density at radius 1 is 1.31 bits per heavy atom. The van der Waals surface area contributed by atoms with Crippen LogP contribution >= 0.6 is 0 Å². The van der Waals surface area contributed by atoms with Gasteiger partial charge in [0.05, 0.1) is 5.69 Å². The summed E-state index contributed by atoms with van der Waals surface area (Å²) in [5.74, 6) is -0.697. The fourth-order valence-corrected chi connectivity index (χ4v) is 1.31. The first-order chi connectivity index (χ1) is 7.74. The fourth-order valence-electron chi connectivity index (χ4n) is 1.31. The van der Waals surface area contributed by atoms with Crippen LogP contribution in [0.1, 0.15) is 0 Å². The molecule has 0 radical (unpaired) electrons. The summed E-state index contributed by atoms with van der Waals surface area (Å²) in [4.78, 5) is 13.7. The molecule has 0 spiro atoms. The van der Waals surface area contributed by atoms with Gasteiger partial charge in [0.2, 0.25) is 5.39 Å².